The highest BCUT2D eigenvalue weighted by Crippen LogP contribution is 2.36. The summed E-state index contributed by atoms with van der Waals surface area (Å²) in [5.41, 5.74) is 7.24. The number of rotatable bonds is 7. The van der Waals surface area contributed by atoms with Gasteiger partial charge in [0.2, 0.25) is 0 Å². The molecule has 2 amide bonds. The number of nitrogens with zero attached hydrogens (tertiary/aromatic N) is 2. The number of benzene rings is 2. The van der Waals surface area contributed by atoms with Crippen LogP contribution in [0.4, 0.5) is 9.52 Å². The second-order valence-corrected chi connectivity index (χ2v) is 9.08. The number of para-hydroxylation sites is 1. The lowest BCUT2D eigenvalue weighted by Gasteiger charge is -2.23. The quantitative estimate of drug-likeness (QED) is 0.535. The zero-order valence-corrected chi connectivity index (χ0v) is 19.1. The number of thiazole rings is 1. The molecule has 0 unspecified atom stereocenters. The maximum absolute atomic E-state index is 13.4. The van der Waals surface area contributed by atoms with Gasteiger partial charge in [-0.15, -0.1) is 0 Å². The molecule has 0 spiro atoms. The average Bonchev–Trinajstić information content (AvgIpc) is 3.62. The normalized spacial score (nSPS) is 14.5. The number of carbonyl (C=O) groups excluding carboxylic acids is 2. The van der Waals surface area contributed by atoms with Gasteiger partial charge in [-0.2, -0.15) is 0 Å². The van der Waals surface area contributed by atoms with Gasteiger partial charge in [0, 0.05) is 19.1 Å². The van der Waals surface area contributed by atoms with Crippen LogP contribution in [-0.2, 0) is 0 Å². The summed E-state index contributed by atoms with van der Waals surface area (Å²) in [4.78, 5) is 32.8. The van der Waals surface area contributed by atoms with Gasteiger partial charge in [-0.05, 0) is 42.7 Å². The molecule has 176 valence electrons. The second kappa shape index (κ2) is 9.30. The van der Waals surface area contributed by atoms with Gasteiger partial charge in [0.25, 0.3) is 11.8 Å². The summed E-state index contributed by atoms with van der Waals surface area (Å²) < 4.78 is 24.5. The first-order chi connectivity index (χ1) is 16.5. The van der Waals surface area contributed by atoms with E-state index in [0.717, 1.165) is 12.8 Å². The van der Waals surface area contributed by atoms with Crippen molar-refractivity contribution in [3.05, 3.63) is 59.5 Å². The van der Waals surface area contributed by atoms with Gasteiger partial charge in [-0.1, -0.05) is 29.5 Å². The van der Waals surface area contributed by atoms with Crippen molar-refractivity contribution in [3.63, 3.8) is 0 Å². The Hall–Kier alpha value is -3.66. The van der Waals surface area contributed by atoms with E-state index in [4.69, 9.17) is 15.2 Å². The third-order valence-electron chi connectivity index (χ3n) is 5.65. The number of anilines is 1. The van der Waals surface area contributed by atoms with Crippen LogP contribution in [-0.4, -0.2) is 54.0 Å². The lowest BCUT2D eigenvalue weighted by atomic mass is 10.1. The smallest absolute Gasteiger partial charge is 0.274 e. The third kappa shape index (κ3) is 4.54. The average molecular weight is 483 g/mol. The second-order valence-electron chi connectivity index (χ2n) is 8.05. The van der Waals surface area contributed by atoms with Crippen molar-refractivity contribution in [2.45, 2.75) is 18.9 Å². The molecule has 2 aliphatic rings. The Morgan fingerprint density at radius 1 is 1.15 bits per heavy atom. The van der Waals surface area contributed by atoms with Gasteiger partial charge in [-0.25, -0.2) is 9.37 Å². The van der Waals surface area contributed by atoms with E-state index in [1.807, 2.05) is 0 Å². The molecule has 2 aromatic carbocycles. The minimum Gasteiger partial charge on any atom is -0.486 e. The van der Waals surface area contributed by atoms with Crippen LogP contribution >= 0.6 is 11.3 Å². The van der Waals surface area contributed by atoms with Gasteiger partial charge in [0.05, 0.1) is 10.4 Å². The SMILES string of the molecule is Nc1nc(C(=O)N(CCNC(=O)c2cccc3c2OCCO3)C2CC2)c(-c2ccc(F)cc2)s1. The number of nitrogens with one attached hydrogen (secondary N) is 1. The van der Waals surface area contributed by atoms with Crippen molar-refractivity contribution in [1.29, 1.82) is 0 Å². The Bertz CT molecular complexity index is 1230. The first-order valence-corrected chi connectivity index (χ1v) is 11.8. The van der Waals surface area contributed by atoms with Gasteiger partial charge in [0.1, 0.15) is 24.7 Å². The molecule has 0 atom stereocenters. The highest BCUT2D eigenvalue weighted by Gasteiger charge is 2.35. The van der Waals surface area contributed by atoms with Crippen molar-refractivity contribution in [2.24, 2.45) is 0 Å². The predicted molar refractivity (Wildman–Crippen MR) is 126 cm³/mol. The number of hydrogen-bond acceptors (Lipinski definition) is 7. The van der Waals surface area contributed by atoms with Crippen LogP contribution in [0.25, 0.3) is 10.4 Å². The number of carbonyl (C=O) groups is 2. The zero-order valence-electron chi connectivity index (χ0n) is 18.3. The third-order valence-corrected chi connectivity index (χ3v) is 6.58. The standard InChI is InChI=1S/C24H23FN4O4S/c25-15-6-4-14(5-7-15)21-19(28-24(26)34-21)23(31)29(16-8-9-16)11-10-27-22(30)17-2-1-3-18-20(17)33-13-12-32-18/h1-7,16H,8-13H2,(H2,26,28)(H,27,30). The number of amides is 2. The topological polar surface area (TPSA) is 107 Å². The van der Waals surface area contributed by atoms with E-state index >= 15 is 0 Å². The highest BCUT2D eigenvalue weighted by molar-refractivity contribution is 7.19. The molecule has 1 aliphatic carbocycles. The molecule has 3 aromatic rings. The summed E-state index contributed by atoms with van der Waals surface area (Å²) in [5.74, 6) is 0.0702. The Balaban J connectivity index is 1.29. The summed E-state index contributed by atoms with van der Waals surface area (Å²) in [6.45, 7) is 1.41. The van der Waals surface area contributed by atoms with Crippen molar-refractivity contribution in [2.75, 3.05) is 32.0 Å². The number of fused-ring (bicyclic) bond motifs is 1. The first-order valence-electron chi connectivity index (χ1n) is 11.0. The molecule has 3 N–H and O–H groups in total. The number of ether oxygens (including phenoxy) is 2. The van der Waals surface area contributed by atoms with Crippen LogP contribution in [0.2, 0.25) is 0 Å². The van der Waals surface area contributed by atoms with E-state index in [0.29, 0.717) is 47.3 Å². The number of aromatic nitrogens is 1. The van der Waals surface area contributed by atoms with Gasteiger partial charge in [0.15, 0.2) is 16.6 Å². The lowest BCUT2D eigenvalue weighted by molar-refractivity contribution is 0.0731. The molecule has 1 aliphatic heterocycles. The number of nitrogen functional groups attached to an aromatic ring is 1. The Morgan fingerprint density at radius 2 is 1.91 bits per heavy atom. The lowest BCUT2D eigenvalue weighted by Crippen LogP contribution is -2.40. The van der Waals surface area contributed by atoms with Crippen LogP contribution in [0.3, 0.4) is 0 Å². The van der Waals surface area contributed by atoms with Crippen molar-refractivity contribution in [1.82, 2.24) is 15.2 Å². The minimum atomic E-state index is -0.360. The van der Waals surface area contributed by atoms with E-state index < -0.39 is 0 Å². The molecular weight excluding hydrogens is 459 g/mol. The van der Waals surface area contributed by atoms with Gasteiger partial charge < -0.3 is 25.4 Å². The number of hydrogen-bond donors (Lipinski definition) is 2. The molecular formula is C24H23FN4O4S. The zero-order chi connectivity index (χ0) is 23.7. The number of nitrogens with two attached hydrogens (primary N) is 1. The Kier molecular flexibility index (Phi) is 6.06. The van der Waals surface area contributed by atoms with Crippen LogP contribution in [0.1, 0.15) is 33.7 Å². The summed E-state index contributed by atoms with van der Waals surface area (Å²) in [6, 6.07) is 11.2. The van der Waals surface area contributed by atoms with E-state index in [1.54, 1.807) is 35.2 Å². The molecule has 8 nitrogen and oxygen atoms in total. The summed E-state index contributed by atoms with van der Waals surface area (Å²) in [7, 11) is 0. The summed E-state index contributed by atoms with van der Waals surface area (Å²) >= 11 is 1.19. The van der Waals surface area contributed by atoms with Crippen molar-refractivity contribution < 1.29 is 23.5 Å². The largest absolute Gasteiger partial charge is 0.486 e. The van der Waals surface area contributed by atoms with Crippen LogP contribution in [0.5, 0.6) is 11.5 Å². The van der Waals surface area contributed by atoms with Crippen LogP contribution < -0.4 is 20.5 Å². The molecule has 10 heteroatoms. The van der Waals surface area contributed by atoms with E-state index in [9.17, 15) is 14.0 Å². The molecule has 1 fully saturated rings. The fourth-order valence-electron chi connectivity index (χ4n) is 3.89. The molecule has 1 saturated carbocycles. The molecule has 1 aromatic heterocycles. The molecule has 0 radical (unpaired) electrons. The Labute approximate surface area is 199 Å². The monoisotopic (exact) mass is 482 g/mol. The van der Waals surface area contributed by atoms with Crippen molar-refractivity contribution in [3.8, 4) is 21.9 Å². The maximum atomic E-state index is 13.4. The number of halogens is 1. The summed E-state index contributed by atoms with van der Waals surface area (Å²) in [5, 5.41) is 3.14. The maximum Gasteiger partial charge on any atom is 0.274 e. The first kappa shape index (κ1) is 22.1. The van der Waals surface area contributed by atoms with E-state index in [2.05, 4.69) is 10.3 Å². The molecule has 2 heterocycles. The van der Waals surface area contributed by atoms with Crippen LogP contribution in [0.15, 0.2) is 42.5 Å². The minimum absolute atomic E-state index is 0.0922. The van der Waals surface area contributed by atoms with E-state index in [-0.39, 0.29) is 41.0 Å². The van der Waals surface area contributed by atoms with Crippen molar-refractivity contribution >= 4 is 28.3 Å². The molecule has 5 rings (SSSR count). The van der Waals surface area contributed by atoms with Gasteiger partial charge >= 0.3 is 0 Å². The highest BCUT2D eigenvalue weighted by atomic mass is 32.1. The predicted octanol–water partition coefficient (Wildman–Crippen LogP) is 3.34. The fourth-order valence-corrected chi connectivity index (χ4v) is 4.72. The molecule has 0 saturated heterocycles. The van der Waals surface area contributed by atoms with E-state index in [1.165, 1.54) is 23.5 Å². The van der Waals surface area contributed by atoms with Gasteiger partial charge in [-0.3, -0.25) is 9.59 Å². The van der Waals surface area contributed by atoms with Crippen LogP contribution in [0, 0.1) is 5.82 Å². The molecule has 34 heavy (non-hydrogen) atoms. The Morgan fingerprint density at radius 3 is 2.68 bits per heavy atom. The fraction of sp³-hybridized carbons (Fsp3) is 0.292. The molecule has 0 bridgehead atoms. The summed E-state index contributed by atoms with van der Waals surface area (Å²) in [6.07, 6.45) is 1.78.